The first kappa shape index (κ1) is 19.0. The number of nitrogens with two attached hydrogens (primary N) is 1. The summed E-state index contributed by atoms with van der Waals surface area (Å²) in [6.07, 6.45) is 6.62. The number of fused-ring (bicyclic) bond motifs is 1. The molecule has 1 heterocycles. The molecule has 0 radical (unpaired) electrons. The van der Waals surface area contributed by atoms with Gasteiger partial charge in [0.2, 0.25) is 0 Å². The average molecular weight is 340 g/mol. The highest BCUT2D eigenvalue weighted by Crippen LogP contribution is 2.22. The molecule has 0 bridgehead atoms. The Balaban J connectivity index is 1.90. The van der Waals surface area contributed by atoms with Gasteiger partial charge in [0.25, 0.3) is 0 Å². The third kappa shape index (κ3) is 5.33. The Morgan fingerprint density at radius 3 is 2.84 bits per heavy atom. The fourth-order valence-corrected chi connectivity index (χ4v) is 2.86. The van der Waals surface area contributed by atoms with Gasteiger partial charge >= 0.3 is 5.97 Å². The summed E-state index contributed by atoms with van der Waals surface area (Å²) in [6, 6.07) is 7.30. The van der Waals surface area contributed by atoms with E-state index in [-0.39, 0.29) is 5.97 Å². The van der Waals surface area contributed by atoms with Gasteiger partial charge in [0.05, 0.1) is 0 Å². The summed E-state index contributed by atoms with van der Waals surface area (Å²) < 4.78 is 5.65. The van der Waals surface area contributed by atoms with E-state index in [2.05, 4.69) is 18.1 Å². The Bertz CT molecular complexity index is 758. The van der Waals surface area contributed by atoms with E-state index >= 15 is 0 Å². The van der Waals surface area contributed by atoms with Crippen molar-refractivity contribution in [3.8, 4) is 0 Å². The second kappa shape index (κ2) is 8.17. The molecule has 0 saturated heterocycles. The number of aromatic nitrogens is 1. The second-order valence-electron chi connectivity index (χ2n) is 7.07. The van der Waals surface area contributed by atoms with Crippen LogP contribution >= 0.6 is 0 Å². The van der Waals surface area contributed by atoms with Crippen molar-refractivity contribution in [2.45, 2.75) is 51.2 Å². The predicted molar refractivity (Wildman–Crippen MR) is 103 cm³/mol. The minimum Gasteiger partial charge on any atom is -0.459 e. The number of carbonyl (C=O) groups excluding carboxylic acids is 1. The summed E-state index contributed by atoms with van der Waals surface area (Å²) in [4.78, 5) is 15.6. The number of aromatic amines is 1. The fraction of sp³-hybridized carbons (Fsp3) is 0.381. The number of H-pyrrole nitrogens is 1. The number of hydrogen-bond acceptors (Lipinski definition) is 3. The molecule has 0 unspecified atom stereocenters. The minimum absolute atomic E-state index is 0.363. The monoisotopic (exact) mass is 340 g/mol. The highest BCUT2D eigenvalue weighted by molar-refractivity contribution is 5.84. The van der Waals surface area contributed by atoms with Crippen LogP contribution in [0, 0.1) is 0 Å². The molecule has 134 valence electrons. The molecular formula is C21H28N2O2. The third-order valence-electron chi connectivity index (χ3n) is 4.36. The normalized spacial score (nSPS) is 12.8. The van der Waals surface area contributed by atoms with Crippen LogP contribution in [-0.2, 0) is 16.0 Å². The molecular weight excluding hydrogens is 312 g/mol. The van der Waals surface area contributed by atoms with Crippen molar-refractivity contribution < 1.29 is 9.53 Å². The van der Waals surface area contributed by atoms with E-state index in [4.69, 9.17) is 10.5 Å². The lowest BCUT2D eigenvalue weighted by atomic mass is 9.98. The van der Waals surface area contributed by atoms with Crippen LogP contribution in [-0.4, -0.2) is 22.6 Å². The van der Waals surface area contributed by atoms with Gasteiger partial charge < -0.3 is 15.5 Å². The molecule has 1 aromatic carbocycles. The minimum atomic E-state index is -0.679. The van der Waals surface area contributed by atoms with Gasteiger partial charge in [0, 0.05) is 23.5 Å². The largest absolute Gasteiger partial charge is 0.459 e. The van der Waals surface area contributed by atoms with Crippen molar-refractivity contribution in [3.05, 3.63) is 60.8 Å². The van der Waals surface area contributed by atoms with E-state index in [1.54, 1.807) is 6.08 Å². The van der Waals surface area contributed by atoms with Crippen molar-refractivity contribution in [2.24, 2.45) is 5.73 Å². The number of esters is 1. The van der Waals surface area contributed by atoms with Gasteiger partial charge in [-0.3, -0.25) is 4.79 Å². The van der Waals surface area contributed by atoms with E-state index in [9.17, 15) is 4.79 Å². The summed E-state index contributed by atoms with van der Waals surface area (Å²) in [6.45, 7) is 11.4. The summed E-state index contributed by atoms with van der Waals surface area (Å²) in [5.41, 5.74) is 8.61. The topological polar surface area (TPSA) is 68.1 Å². The standard InChI is InChI=1S/C21H28N2O2/c1-5-15(2)9-8-12-21(3,4)25-20(24)18(22)13-16-14-23-19-11-7-6-10-17(16)19/h5-7,10-11,14,18,23H,1-2,8-9,12-13,22H2,3-4H3/t18-/m0/s1. The van der Waals surface area contributed by atoms with Crippen LogP contribution in [0.2, 0.25) is 0 Å². The number of carbonyl (C=O) groups is 1. The fourth-order valence-electron chi connectivity index (χ4n) is 2.86. The maximum atomic E-state index is 12.4. The van der Waals surface area contributed by atoms with Gasteiger partial charge in [-0.15, -0.1) is 0 Å². The van der Waals surface area contributed by atoms with Crippen LogP contribution in [0.15, 0.2) is 55.3 Å². The van der Waals surface area contributed by atoms with Gasteiger partial charge in [-0.1, -0.05) is 43.0 Å². The Morgan fingerprint density at radius 1 is 1.40 bits per heavy atom. The molecule has 3 N–H and O–H groups in total. The van der Waals surface area contributed by atoms with Gasteiger partial charge in [-0.2, -0.15) is 0 Å². The first-order chi connectivity index (χ1) is 11.8. The molecule has 0 aliphatic carbocycles. The van der Waals surface area contributed by atoms with Gasteiger partial charge in [0.1, 0.15) is 11.6 Å². The summed E-state index contributed by atoms with van der Waals surface area (Å²) in [5.74, 6) is -0.363. The first-order valence-electron chi connectivity index (χ1n) is 8.66. The summed E-state index contributed by atoms with van der Waals surface area (Å²) >= 11 is 0. The van der Waals surface area contributed by atoms with Crippen LogP contribution in [0.25, 0.3) is 10.9 Å². The number of allylic oxidation sites excluding steroid dienone is 2. The van der Waals surface area contributed by atoms with E-state index in [1.165, 1.54) is 0 Å². The maximum absolute atomic E-state index is 12.4. The molecule has 0 amide bonds. The number of para-hydroxylation sites is 1. The quantitative estimate of drug-likeness (QED) is 0.529. The van der Waals surface area contributed by atoms with Gasteiger partial charge in [0.15, 0.2) is 0 Å². The summed E-state index contributed by atoms with van der Waals surface area (Å²) in [7, 11) is 0. The Labute approximate surface area is 149 Å². The molecule has 0 aliphatic heterocycles. The van der Waals surface area contributed by atoms with E-state index < -0.39 is 11.6 Å². The number of benzene rings is 1. The van der Waals surface area contributed by atoms with Crippen LogP contribution in [0.4, 0.5) is 0 Å². The van der Waals surface area contributed by atoms with Gasteiger partial charge in [-0.05, 0) is 44.7 Å². The zero-order valence-corrected chi connectivity index (χ0v) is 15.2. The lowest BCUT2D eigenvalue weighted by Crippen LogP contribution is -2.40. The molecule has 4 nitrogen and oxygen atoms in total. The number of ether oxygens (including phenoxy) is 1. The van der Waals surface area contributed by atoms with Crippen molar-refractivity contribution in [1.82, 2.24) is 4.98 Å². The van der Waals surface area contributed by atoms with E-state index in [0.29, 0.717) is 6.42 Å². The molecule has 4 heteroatoms. The maximum Gasteiger partial charge on any atom is 0.323 e. The molecule has 0 spiro atoms. The highest BCUT2D eigenvalue weighted by atomic mass is 16.6. The molecule has 25 heavy (non-hydrogen) atoms. The molecule has 2 rings (SSSR count). The predicted octanol–water partition coefficient (Wildman–Crippen LogP) is 4.27. The van der Waals surface area contributed by atoms with Crippen molar-refractivity contribution in [3.63, 3.8) is 0 Å². The average Bonchev–Trinajstić information content (AvgIpc) is 2.97. The van der Waals surface area contributed by atoms with Crippen LogP contribution < -0.4 is 5.73 Å². The smallest absolute Gasteiger partial charge is 0.323 e. The van der Waals surface area contributed by atoms with E-state index in [0.717, 1.165) is 41.3 Å². The van der Waals surface area contributed by atoms with Crippen LogP contribution in [0.3, 0.4) is 0 Å². The van der Waals surface area contributed by atoms with E-state index in [1.807, 2.05) is 44.3 Å². The lowest BCUT2D eigenvalue weighted by Gasteiger charge is -2.27. The van der Waals surface area contributed by atoms with Crippen molar-refractivity contribution in [2.75, 3.05) is 0 Å². The number of rotatable bonds is 9. The Kier molecular flexibility index (Phi) is 6.21. The Morgan fingerprint density at radius 2 is 2.12 bits per heavy atom. The Hall–Kier alpha value is -2.33. The lowest BCUT2D eigenvalue weighted by molar-refractivity contribution is -0.158. The molecule has 0 aliphatic rings. The molecule has 0 saturated carbocycles. The highest BCUT2D eigenvalue weighted by Gasteiger charge is 2.26. The molecule has 1 atom stereocenters. The van der Waals surface area contributed by atoms with Crippen LogP contribution in [0.1, 0.15) is 38.7 Å². The SMILES string of the molecule is C=CC(=C)CCCC(C)(C)OC(=O)[C@@H](N)Cc1c[nH]c2ccccc12. The summed E-state index contributed by atoms with van der Waals surface area (Å²) in [5, 5.41) is 1.09. The second-order valence-corrected chi connectivity index (χ2v) is 7.07. The zero-order chi connectivity index (χ0) is 18.4. The molecule has 2 aromatic rings. The molecule has 0 fully saturated rings. The van der Waals surface area contributed by atoms with Crippen LogP contribution in [0.5, 0.6) is 0 Å². The first-order valence-corrected chi connectivity index (χ1v) is 8.66. The van der Waals surface area contributed by atoms with Gasteiger partial charge in [-0.25, -0.2) is 0 Å². The van der Waals surface area contributed by atoms with Crippen molar-refractivity contribution >= 4 is 16.9 Å². The third-order valence-corrected chi connectivity index (χ3v) is 4.36. The number of nitrogens with one attached hydrogen (secondary N) is 1. The number of hydrogen-bond donors (Lipinski definition) is 2. The van der Waals surface area contributed by atoms with Crippen molar-refractivity contribution in [1.29, 1.82) is 0 Å². The molecule has 1 aromatic heterocycles. The zero-order valence-electron chi connectivity index (χ0n) is 15.2.